The Hall–Kier alpha value is -4.06. The van der Waals surface area contributed by atoms with Gasteiger partial charge < -0.3 is 48.6 Å². The van der Waals surface area contributed by atoms with E-state index < -0.39 is 77.7 Å². The van der Waals surface area contributed by atoms with E-state index >= 15 is 0 Å². The Kier molecular flexibility index (Phi) is 14.6. The molecule has 16 heteroatoms. The van der Waals surface area contributed by atoms with Crippen molar-refractivity contribution in [2.45, 2.75) is 148 Å². The topological polar surface area (TPSA) is 192 Å². The summed E-state index contributed by atoms with van der Waals surface area (Å²) in [6.45, 7) is 16.5. The largest absolute Gasteiger partial charge is 0.459 e. The van der Waals surface area contributed by atoms with E-state index in [-0.39, 0.29) is 43.7 Å². The highest BCUT2D eigenvalue weighted by Gasteiger charge is 2.59. The number of Topliss-reactive ketones (excluding diaryl/α,β-unsaturated/α-hetero) is 1. The number of carbonyl (C=O) groups excluding carboxylic acids is 3. The van der Waals surface area contributed by atoms with E-state index in [1.165, 1.54) is 6.92 Å². The van der Waals surface area contributed by atoms with Gasteiger partial charge in [0, 0.05) is 18.8 Å². The second-order valence-electron chi connectivity index (χ2n) is 18.0. The van der Waals surface area contributed by atoms with E-state index in [1.54, 1.807) is 19.9 Å². The van der Waals surface area contributed by atoms with Crippen molar-refractivity contribution >= 4 is 29.3 Å². The van der Waals surface area contributed by atoms with Crippen molar-refractivity contribution in [2.24, 2.45) is 28.8 Å². The Bertz CT molecular complexity index is 1910. The highest BCUT2D eigenvalue weighted by molar-refractivity contribution is 5.92. The minimum Gasteiger partial charge on any atom is -0.459 e. The van der Waals surface area contributed by atoms with Gasteiger partial charge in [0.05, 0.1) is 72.3 Å². The number of oxime groups is 1. The van der Waals surface area contributed by atoms with Crippen LogP contribution in [0.2, 0.25) is 0 Å². The maximum Gasteiger partial charge on any atom is 0.311 e. The number of nitrogen functional groups attached to an aromatic ring is 1. The molecule has 4 saturated heterocycles. The summed E-state index contributed by atoms with van der Waals surface area (Å²) < 4.78 is 46.2. The smallest absolute Gasteiger partial charge is 0.311 e. The van der Waals surface area contributed by atoms with Crippen LogP contribution in [0.5, 0.6) is 0 Å². The van der Waals surface area contributed by atoms with E-state index in [1.807, 2.05) is 90.9 Å². The predicted octanol–water partition coefficient (Wildman–Crippen LogP) is 5.15. The summed E-state index contributed by atoms with van der Waals surface area (Å²) in [5.41, 5.74) is 5.71. The Morgan fingerprint density at radius 2 is 1.69 bits per heavy atom. The first kappa shape index (κ1) is 46.4. The van der Waals surface area contributed by atoms with Crippen LogP contribution in [0.15, 0.2) is 41.6 Å². The molecule has 4 aliphatic rings. The number of aromatic nitrogens is 2. The number of carbonyl (C=O) groups is 3. The molecule has 16 nitrogen and oxygen atoms in total. The molecule has 4 fully saturated rings. The lowest BCUT2D eigenvalue weighted by Crippen LogP contribution is -2.60. The van der Waals surface area contributed by atoms with E-state index in [0.717, 1.165) is 0 Å². The zero-order chi connectivity index (χ0) is 44.4. The summed E-state index contributed by atoms with van der Waals surface area (Å²) in [5, 5.41) is 4.51. The first-order valence-corrected chi connectivity index (χ1v) is 21.5. The minimum absolute atomic E-state index is 0.0339. The molecule has 2 aromatic heterocycles. The van der Waals surface area contributed by atoms with Crippen LogP contribution in [0.3, 0.4) is 0 Å². The quantitative estimate of drug-likeness (QED) is 0.257. The molecular formula is C45H65N5O11. The van der Waals surface area contributed by atoms with E-state index in [0.29, 0.717) is 47.9 Å². The fraction of sp³-hybridized carbons (Fsp3) is 0.689. The number of anilines is 1. The standard InChI is InChI=1S/C45H65N5O11/c1-12-35-45(9)40(52)26(4)37(61-45)24(2)20-44(8)41(60-43-39(58-29(7)51)34(50(10)11)19-25(3)57-43)27(5)38(28(6)42(53)59-35)54-21-31(22-55-44)49-56-23-30-15-13-16-32(47-30)33-17-14-18-36(46)48-33/h13-18,24-28,34-35,37-39,41,43H,12,19-23H2,1-11H3,(H2,46,48)/b49-31+/t24-,25-,26?,27-,28-,34+,35-,37?,38+,39-,41-,43+,44+,45?/m1/s1. The summed E-state index contributed by atoms with van der Waals surface area (Å²) in [6, 6.07) is 10.7. The Morgan fingerprint density at radius 1 is 0.984 bits per heavy atom. The van der Waals surface area contributed by atoms with Gasteiger partial charge in [0.25, 0.3) is 0 Å². The van der Waals surface area contributed by atoms with Crippen molar-refractivity contribution in [3.05, 3.63) is 42.1 Å². The fourth-order valence-corrected chi connectivity index (χ4v) is 9.74. The van der Waals surface area contributed by atoms with Crippen LogP contribution in [-0.2, 0) is 59.0 Å². The molecule has 2 N–H and O–H groups in total. The van der Waals surface area contributed by atoms with Crippen LogP contribution in [0, 0.1) is 23.7 Å². The summed E-state index contributed by atoms with van der Waals surface area (Å²) in [6.07, 6.45) is -3.73. The SMILES string of the molecule is CC[C@H]1OC(=O)[C@H](C)[C@H]2OC/C(=N\OCc3cccc(-c4cccc(N)n4)n3)CO[C@@](C)(C[C@@H](C)C3OC1(C)C(=O)C3C)[C@H](O[C@@H]1O[C@H](C)C[C@H](N(C)C)[C@H]1OC(C)=O)[C@@H]2C. The molecule has 6 rings (SSSR count). The molecule has 4 bridgehead atoms. The van der Waals surface area contributed by atoms with E-state index in [9.17, 15) is 14.4 Å². The average molecular weight is 852 g/mol. The molecule has 0 saturated carbocycles. The van der Waals surface area contributed by atoms with Crippen molar-refractivity contribution < 1.29 is 52.4 Å². The van der Waals surface area contributed by atoms with Crippen molar-refractivity contribution in [2.75, 3.05) is 33.0 Å². The Morgan fingerprint density at radius 3 is 2.36 bits per heavy atom. The van der Waals surface area contributed by atoms with Crippen molar-refractivity contribution in [1.82, 2.24) is 14.9 Å². The van der Waals surface area contributed by atoms with Gasteiger partial charge in [-0.1, -0.05) is 45.0 Å². The number of nitrogens with two attached hydrogens (primary N) is 1. The van der Waals surface area contributed by atoms with Gasteiger partial charge in [-0.2, -0.15) is 0 Å². The number of ketones is 1. The molecule has 0 aliphatic carbocycles. The van der Waals surface area contributed by atoms with Gasteiger partial charge >= 0.3 is 11.9 Å². The zero-order valence-corrected chi connectivity index (χ0v) is 37.5. The molecule has 0 radical (unpaired) electrons. The number of pyridine rings is 2. The van der Waals surface area contributed by atoms with Gasteiger partial charge in [0.1, 0.15) is 17.6 Å². The number of hydrogen-bond acceptors (Lipinski definition) is 16. The molecule has 6 heterocycles. The molecular weight excluding hydrogens is 787 g/mol. The number of fused-ring (bicyclic) bond motifs is 5. The third kappa shape index (κ3) is 10.1. The van der Waals surface area contributed by atoms with Gasteiger partial charge in [-0.05, 0) is 91.2 Å². The summed E-state index contributed by atoms with van der Waals surface area (Å²) in [4.78, 5) is 58.0. The lowest BCUT2D eigenvalue weighted by molar-refractivity contribution is -0.305. The van der Waals surface area contributed by atoms with Gasteiger partial charge in [-0.15, -0.1) is 0 Å². The number of hydrogen-bond donors (Lipinski definition) is 1. The van der Waals surface area contributed by atoms with Gasteiger partial charge in [0.2, 0.25) is 0 Å². The van der Waals surface area contributed by atoms with E-state index in [4.69, 9.17) is 48.7 Å². The fourth-order valence-electron chi connectivity index (χ4n) is 9.74. The number of ether oxygens (including phenoxy) is 7. The molecule has 14 atom stereocenters. The maximum absolute atomic E-state index is 14.3. The Balaban J connectivity index is 1.39. The molecule has 336 valence electrons. The minimum atomic E-state index is -1.34. The second kappa shape index (κ2) is 19.1. The molecule has 2 aromatic rings. The molecule has 0 spiro atoms. The predicted molar refractivity (Wildman–Crippen MR) is 225 cm³/mol. The first-order valence-electron chi connectivity index (χ1n) is 21.5. The maximum atomic E-state index is 14.3. The van der Waals surface area contributed by atoms with Gasteiger partial charge in [-0.25, -0.2) is 9.97 Å². The number of rotatable bonds is 9. The number of nitrogens with zero attached hydrogens (tertiary/aromatic N) is 4. The van der Waals surface area contributed by atoms with Crippen LogP contribution in [-0.4, -0.2) is 126 Å². The van der Waals surface area contributed by atoms with Crippen LogP contribution in [0.25, 0.3) is 11.4 Å². The third-order valence-corrected chi connectivity index (χ3v) is 12.9. The normalized spacial score (nSPS) is 38.1. The highest BCUT2D eigenvalue weighted by atomic mass is 16.7. The molecule has 0 amide bonds. The molecule has 0 aromatic carbocycles. The van der Waals surface area contributed by atoms with Crippen molar-refractivity contribution in [1.29, 1.82) is 0 Å². The van der Waals surface area contributed by atoms with Crippen LogP contribution < -0.4 is 5.73 Å². The summed E-state index contributed by atoms with van der Waals surface area (Å²) >= 11 is 0. The lowest BCUT2D eigenvalue weighted by atomic mass is 9.75. The number of cyclic esters (lactones) is 1. The summed E-state index contributed by atoms with van der Waals surface area (Å²) in [7, 11) is 3.86. The lowest BCUT2D eigenvalue weighted by Gasteiger charge is -2.48. The number of esters is 2. The Labute approximate surface area is 359 Å². The third-order valence-electron chi connectivity index (χ3n) is 12.9. The van der Waals surface area contributed by atoms with Crippen molar-refractivity contribution in [3.8, 4) is 11.4 Å². The number of likely N-dealkylation sites (N-methyl/N-ethyl adjacent to an activating group) is 1. The molecule has 3 unspecified atom stereocenters. The molecule has 4 aliphatic heterocycles. The van der Waals surface area contributed by atoms with E-state index in [2.05, 4.69) is 10.1 Å². The second-order valence-corrected chi connectivity index (χ2v) is 18.0. The van der Waals surface area contributed by atoms with Crippen LogP contribution in [0.4, 0.5) is 5.82 Å². The van der Waals surface area contributed by atoms with Gasteiger partial charge in [0.15, 0.2) is 30.4 Å². The highest BCUT2D eigenvalue weighted by Crippen LogP contribution is 2.45. The first-order chi connectivity index (χ1) is 28.8. The van der Waals surface area contributed by atoms with Crippen LogP contribution >= 0.6 is 0 Å². The average Bonchev–Trinajstić information content (AvgIpc) is 3.47. The van der Waals surface area contributed by atoms with Crippen molar-refractivity contribution in [3.63, 3.8) is 0 Å². The zero-order valence-electron chi connectivity index (χ0n) is 37.5. The summed E-state index contributed by atoms with van der Waals surface area (Å²) in [5.74, 6) is -2.90. The monoisotopic (exact) mass is 851 g/mol. The molecule has 61 heavy (non-hydrogen) atoms. The van der Waals surface area contributed by atoms with Gasteiger partial charge in [-0.3, -0.25) is 14.4 Å². The van der Waals surface area contributed by atoms with Crippen LogP contribution in [0.1, 0.15) is 87.3 Å².